The number of anilines is 1. The molecule has 0 radical (unpaired) electrons. The van der Waals surface area contributed by atoms with Crippen LogP contribution in [0.15, 0.2) is 24.4 Å². The molecule has 1 saturated heterocycles. The van der Waals surface area contributed by atoms with Crippen LogP contribution in [0.4, 0.5) is 5.69 Å². The van der Waals surface area contributed by atoms with Gasteiger partial charge < -0.3 is 9.47 Å². The molecule has 0 bridgehead atoms. The lowest BCUT2D eigenvalue weighted by Gasteiger charge is -2.37. The van der Waals surface area contributed by atoms with Crippen molar-refractivity contribution in [2.24, 2.45) is 7.05 Å². The molecule has 1 fully saturated rings. The molecular formula is C19H29N3. The molecule has 3 heteroatoms. The SMILES string of the molecule is CC(C)c1ccc2c(N3CCN(C(C)C)CC3)cn(C)c2c1. The summed E-state index contributed by atoms with van der Waals surface area (Å²) in [5, 5.41) is 1.39. The summed E-state index contributed by atoms with van der Waals surface area (Å²) in [5.74, 6) is 0.581. The minimum atomic E-state index is 0.581. The zero-order valence-electron chi connectivity index (χ0n) is 14.6. The predicted molar refractivity (Wildman–Crippen MR) is 95.9 cm³/mol. The third-order valence-corrected chi connectivity index (χ3v) is 5.05. The van der Waals surface area contributed by atoms with Crippen molar-refractivity contribution < 1.29 is 0 Å². The number of hydrogen-bond donors (Lipinski definition) is 0. The zero-order chi connectivity index (χ0) is 15.9. The van der Waals surface area contributed by atoms with Crippen LogP contribution in [0, 0.1) is 0 Å². The Morgan fingerprint density at radius 1 is 0.955 bits per heavy atom. The standard InChI is InChI=1S/C19H29N3/c1-14(2)16-6-7-17-18(12-16)20(5)13-19(17)22-10-8-21(9-11-22)15(3)4/h6-7,12-15H,8-11H2,1-5H3. The van der Waals surface area contributed by atoms with Gasteiger partial charge in [0, 0.05) is 50.9 Å². The van der Waals surface area contributed by atoms with Crippen molar-refractivity contribution in [2.45, 2.75) is 39.7 Å². The van der Waals surface area contributed by atoms with Gasteiger partial charge in [-0.25, -0.2) is 0 Å². The van der Waals surface area contributed by atoms with E-state index in [1.54, 1.807) is 0 Å². The molecular weight excluding hydrogens is 270 g/mol. The molecule has 0 N–H and O–H groups in total. The highest BCUT2D eigenvalue weighted by molar-refractivity contribution is 5.94. The third kappa shape index (κ3) is 2.74. The monoisotopic (exact) mass is 299 g/mol. The van der Waals surface area contributed by atoms with Crippen molar-refractivity contribution in [1.29, 1.82) is 0 Å². The number of nitrogens with zero attached hydrogens (tertiary/aromatic N) is 3. The molecule has 2 aromatic rings. The van der Waals surface area contributed by atoms with Crippen LogP contribution in [0.1, 0.15) is 39.2 Å². The molecule has 0 saturated carbocycles. The van der Waals surface area contributed by atoms with Gasteiger partial charge in [0.25, 0.3) is 0 Å². The average Bonchev–Trinajstić information content (AvgIpc) is 2.84. The lowest BCUT2D eigenvalue weighted by atomic mass is 10.0. The smallest absolute Gasteiger partial charge is 0.0626 e. The molecule has 0 unspecified atom stereocenters. The molecule has 1 aliphatic heterocycles. The van der Waals surface area contributed by atoms with Gasteiger partial charge in [0.05, 0.1) is 11.2 Å². The van der Waals surface area contributed by atoms with Gasteiger partial charge in [-0.15, -0.1) is 0 Å². The van der Waals surface area contributed by atoms with Gasteiger partial charge in [-0.05, 0) is 31.4 Å². The highest BCUT2D eigenvalue weighted by atomic mass is 15.3. The summed E-state index contributed by atoms with van der Waals surface area (Å²) in [4.78, 5) is 5.12. The third-order valence-electron chi connectivity index (χ3n) is 5.05. The summed E-state index contributed by atoms with van der Waals surface area (Å²) in [5.41, 5.74) is 4.17. The molecule has 0 atom stereocenters. The second-order valence-corrected chi connectivity index (χ2v) is 7.17. The van der Waals surface area contributed by atoms with Gasteiger partial charge >= 0.3 is 0 Å². The largest absolute Gasteiger partial charge is 0.367 e. The van der Waals surface area contributed by atoms with Crippen LogP contribution in [0.5, 0.6) is 0 Å². The van der Waals surface area contributed by atoms with Gasteiger partial charge in [0.1, 0.15) is 0 Å². The number of aromatic nitrogens is 1. The maximum atomic E-state index is 2.57. The molecule has 3 rings (SSSR count). The topological polar surface area (TPSA) is 11.4 Å². The lowest BCUT2D eigenvalue weighted by Crippen LogP contribution is -2.48. The Morgan fingerprint density at radius 2 is 1.64 bits per heavy atom. The van der Waals surface area contributed by atoms with Crippen molar-refractivity contribution in [3.05, 3.63) is 30.0 Å². The summed E-state index contributed by atoms with van der Waals surface area (Å²) in [7, 11) is 2.17. The first-order chi connectivity index (χ1) is 10.5. The highest BCUT2D eigenvalue weighted by Gasteiger charge is 2.21. The van der Waals surface area contributed by atoms with Crippen molar-refractivity contribution in [3.8, 4) is 0 Å². The Hall–Kier alpha value is -1.48. The van der Waals surface area contributed by atoms with E-state index in [1.807, 2.05) is 0 Å². The van der Waals surface area contributed by atoms with Crippen molar-refractivity contribution in [2.75, 3.05) is 31.1 Å². The predicted octanol–water partition coefficient (Wildman–Crippen LogP) is 3.83. The molecule has 0 aliphatic carbocycles. The Balaban J connectivity index is 1.89. The first-order valence-corrected chi connectivity index (χ1v) is 8.55. The molecule has 0 spiro atoms. The first-order valence-electron chi connectivity index (χ1n) is 8.55. The maximum absolute atomic E-state index is 2.57. The number of fused-ring (bicyclic) bond motifs is 1. The maximum Gasteiger partial charge on any atom is 0.0626 e. The van der Waals surface area contributed by atoms with Gasteiger partial charge in [0.15, 0.2) is 0 Å². The minimum absolute atomic E-state index is 0.581. The number of benzene rings is 1. The molecule has 22 heavy (non-hydrogen) atoms. The Labute approximate surface area is 134 Å². The zero-order valence-corrected chi connectivity index (χ0v) is 14.6. The molecule has 120 valence electrons. The first kappa shape index (κ1) is 15.4. The Bertz CT molecular complexity index is 646. The molecule has 0 amide bonds. The fraction of sp³-hybridized carbons (Fsp3) is 0.579. The van der Waals surface area contributed by atoms with Crippen LogP contribution in [-0.2, 0) is 7.05 Å². The number of aryl methyl sites for hydroxylation is 1. The van der Waals surface area contributed by atoms with E-state index in [-0.39, 0.29) is 0 Å². The van der Waals surface area contributed by atoms with E-state index in [4.69, 9.17) is 0 Å². The number of hydrogen-bond acceptors (Lipinski definition) is 2. The van der Waals surface area contributed by atoms with Gasteiger partial charge in [0.2, 0.25) is 0 Å². The van der Waals surface area contributed by atoms with Crippen molar-refractivity contribution in [1.82, 2.24) is 9.47 Å². The summed E-state index contributed by atoms with van der Waals surface area (Å²) >= 11 is 0. The van der Waals surface area contributed by atoms with E-state index in [0.717, 1.165) is 26.2 Å². The van der Waals surface area contributed by atoms with Crippen molar-refractivity contribution in [3.63, 3.8) is 0 Å². The number of piperazine rings is 1. The normalized spacial score (nSPS) is 17.1. The van der Waals surface area contributed by atoms with E-state index in [2.05, 4.69) is 73.5 Å². The van der Waals surface area contributed by atoms with Crippen LogP contribution >= 0.6 is 0 Å². The molecule has 1 aromatic heterocycles. The summed E-state index contributed by atoms with van der Waals surface area (Å²) < 4.78 is 2.28. The minimum Gasteiger partial charge on any atom is -0.367 e. The average molecular weight is 299 g/mol. The Morgan fingerprint density at radius 3 is 2.23 bits per heavy atom. The number of rotatable bonds is 3. The van der Waals surface area contributed by atoms with Gasteiger partial charge in [-0.3, -0.25) is 4.90 Å². The van der Waals surface area contributed by atoms with E-state index in [0.29, 0.717) is 12.0 Å². The van der Waals surface area contributed by atoms with Crippen LogP contribution in [0.25, 0.3) is 10.9 Å². The molecule has 1 aromatic carbocycles. The second-order valence-electron chi connectivity index (χ2n) is 7.17. The fourth-order valence-corrected chi connectivity index (χ4v) is 3.47. The van der Waals surface area contributed by atoms with Crippen molar-refractivity contribution >= 4 is 16.6 Å². The van der Waals surface area contributed by atoms with Crippen LogP contribution in [0.3, 0.4) is 0 Å². The second kappa shape index (κ2) is 5.96. The van der Waals surface area contributed by atoms with E-state index in [1.165, 1.54) is 22.2 Å². The summed E-state index contributed by atoms with van der Waals surface area (Å²) in [6.45, 7) is 13.7. The van der Waals surface area contributed by atoms with Gasteiger partial charge in [-0.2, -0.15) is 0 Å². The molecule has 3 nitrogen and oxygen atoms in total. The van der Waals surface area contributed by atoms with Gasteiger partial charge in [-0.1, -0.05) is 26.0 Å². The van der Waals surface area contributed by atoms with Crippen LogP contribution in [-0.4, -0.2) is 41.7 Å². The highest BCUT2D eigenvalue weighted by Crippen LogP contribution is 2.31. The lowest BCUT2D eigenvalue weighted by molar-refractivity contribution is 0.209. The quantitative estimate of drug-likeness (QED) is 0.853. The summed E-state index contributed by atoms with van der Waals surface area (Å²) in [6.07, 6.45) is 2.31. The van der Waals surface area contributed by atoms with E-state index >= 15 is 0 Å². The fourth-order valence-electron chi connectivity index (χ4n) is 3.47. The molecule has 2 heterocycles. The Kier molecular flexibility index (Phi) is 4.18. The van der Waals surface area contributed by atoms with E-state index < -0.39 is 0 Å². The van der Waals surface area contributed by atoms with Crippen LogP contribution in [0.2, 0.25) is 0 Å². The summed E-state index contributed by atoms with van der Waals surface area (Å²) in [6, 6.07) is 7.62. The van der Waals surface area contributed by atoms with E-state index in [9.17, 15) is 0 Å². The molecule has 1 aliphatic rings. The van der Waals surface area contributed by atoms with Crippen LogP contribution < -0.4 is 4.90 Å².